The van der Waals surface area contributed by atoms with Gasteiger partial charge in [0, 0.05) is 21.5 Å². The number of rotatable bonds is 7. The van der Waals surface area contributed by atoms with Crippen LogP contribution in [0.15, 0.2) is 94.6 Å². The van der Waals surface area contributed by atoms with Crippen LogP contribution in [0.4, 0.5) is 0 Å². The van der Waals surface area contributed by atoms with Crippen molar-refractivity contribution >= 4 is 27.7 Å². The monoisotopic (exact) mass is 451 g/mol. The molecule has 0 saturated heterocycles. The van der Waals surface area contributed by atoms with E-state index in [9.17, 15) is 0 Å². The minimum atomic E-state index is 0.592. The number of benzene rings is 3. The average molecular weight is 452 g/mol. The van der Waals surface area contributed by atoms with Gasteiger partial charge in [0.25, 0.3) is 0 Å². The molecule has 0 fully saturated rings. The molecule has 0 bridgehead atoms. The van der Waals surface area contributed by atoms with Gasteiger partial charge >= 0.3 is 0 Å². The zero-order valence-electron chi connectivity index (χ0n) is 15.0. The van der Waals surface area contributed by atoms with E-state index < -0.39 is 0 Å². The molecule has 0 atom stereocenters. The fourth-order valence-electron chi connectivity index (χ4n) is 2.77. The van der Waals surface area contributed by atoms with Crippen LogP contribution in [0.1, 0.15) is 0 Å². The number of aromatic nitrogens is 3. The second-order valence-corrected chi connectivity index (χ2v) is 7.97. The Kier molecular flexibility index (Phi) is 6.09. The normalized spacial score (nSPS) is 10.8. The van der Waals surface area contributed by atoms with E-state index in [0.717, 1.165) is 38.2 Å². The molecule has 0 aliphatic carbocycles. The molecule has 4 aromatic rings. The predicted molar refractivity (Wildman–Crippen MR) is 117 cm³/mol. The van der Waals surface area contributed by atoms with Gasteiger partial charge in [-0.15, -0.1) is 10.2 Å². The summed E-state index contributed by atoms with van der Waals surface area (Å²) >= 11 is 5.07. The third-order valence-electron chi connectivity index (χ3n) is 4.08. The van der Waals surface area contributed by atoms with Crippen molar-refractivity contribution in [3.8, 4) is 22.8 Å². The maximum absolute atomic E-state index is 5.82. The largest absolute Gasteiger partial charge is 0.493 e. The van der Waals surface area contributed by atoms with Crippen LogP contribution in [0.3, 0.4) is 0 Å². The summed E-state index contributed by atoms with van der Waals surface area (Å²) in [4.78, 5) is 0. The SMILES string of the molecule is Brc1ccc(OCCSc2nnc(-c3ccccc3)n2-c2ccccc2)cc1. The van der Waals surface area contributed by atoms with Gasteiger partial charge < -0.3 is 4.74 Å². The first-order chi connectivity index (χ1) is 13.8. The van der Waals surface area contributed by atoms with Gasteiger partial charge in [-0.1, -0.05) is 76.2 Å². The zero-order chi connectivity index (χ0) is 19.2. The number of hydrogen-bond donors (Lipinski definition) is 0. The maximum atomic E-state index is 5.82. The molecule has 3 aromatic carbocycles. The molecule has 4 rings (SSSR count). The second-order valence-electron chi connectivity index (χ2n) is 5.99. The van der Waals surface area contributed by atoms with E-state index in [2.05, 4.69) is 55.0 Å². The molecule has 1 aromatic heterocycles. The minimum absolute atomic E-state index is 0.592. The molecule has 4 nitrogen and oxygen atoms in total. The Bertz CT molecular complexity index is 1020. The Balaban J connectivity index is 1.52. The highest BCUT2D eigenvalue weighted by Gasteiger charge is 2.15. The summed E-state index contributed by atoms with van der Waals surface area (Å²) in [6.45, 7) is 0.592. The summed E-state index contributed by atoms with van der Waals surface area (Å²) in [7, 11) is 0. The van der Waals surface area contributed by atoms with E-state index in [4.69, 9.17) is 4.74 Å². The molecule has 0 radical (unpaired) electrons. The fraction of sp³-hybridized carbons (Fsp3) is 0.0909. The van der Waals surface area contributed by atoms with Gasteiger partial charge in [-0.25, -0.2) is 0 Å². The van der Waals surface area contributed by atoms with Gasteiger partial charge in [-0.2, -0.15) is 0 Å². The summed E-state index contributed by atoms with van der Waals surface area (Å²) in [5.74, 6) is 2.47. The lowest BCUT2D eigenvalue weighted by Crippen LogP contribution is -2.03. The summed E-state index contributed by atoms with van der Waals surface area (Å²) in [6, 6.07) is 28.2. The summed E-state index contributed by atoms with van der Waals surface area (Å²) in [6.07, 6.45) is 0. The second kappa shape index (κ2) is 9.08. The Morgan fingerprint density at radius 3 is 2.21 bits per heavy atom. The molecular weight excluding hydrogens is 434 g/mol. The Labute approximate surface area is 176 Å². The van der Waals surface area contributed by atoms with Gasteiger partial charge in [-0.3, -0.25) is 4.57 Å². The predicted octanol–water partition coefficient (Wildman–Crippen LogP) is 5.87. The number of thioether (sulfide) groups is 1. The molecule has 1 heterocycles. The van der Waals surface area contributed by atoms with Crippen molar-refractivity contribution in [2.75, 3.05) is 12.4 Å². The van der Waals surface area contributed by atoms with Crippen LogP contribution < -0.4 is 4.74 Å². The van der Waals surface area contributed by atoms with Gasteiger partial charge in [0.2, 0.25) is 0 Å². The van der Waals surface area contributed by atoms with E-state index in [-0.39, 0.29) is 0 Å². The third kappa shape index (κ3) is 4.46. The average Bonchev–Trinajstić information content (AvgIpc) is 3.18. The molecule has 140 valence electrons. The van der Waals surface area contributed by atoms with E-state index in [1.165, 1.54) is 0 Å². The molecule has 6 heteroatoms. The van der Waals surface area contributed by atoms with Crippen molar-refractivity contribution < 1.29 is 4.74 Å². The van der Waals surface area contributed by atoms with Crippen molar-refractivity contribution in [1.82, 2.24) is 14.8 Å². The smallest absolute Gasteiger partial charge is 0.196 e. The molecule has 0 aliphatic heterocycles. The topological polar surface area (TPSA) is 39.9 Å². The highest BCUT2D eigenvalue weighted by molar-refractivity contribution is 9.10. The lowest BCUT2D eigenvalue weighted by Gasteiger charge is -2.10. The number of para-hydroxylation sites is 1. The fourth-order valence-corrected chi connectivity index (χ4v) is 3.80. The third-order valence-corrected chi connectivity index (χ3v) is 5.50. The van der Waals surface area contributed by atoms with Crippen LogP contribution >= 0.6 is 27.7 Å². The Morgan fingerprint density at radius 1 is 0.821 bits per heavy atom. The summed E-state index contributed by atoms with van der Waals surface area (Å²) in [5, 5.41) is 9.75. The summed E-state index contributed by atoms with van der Waals surface area (Å²) < 4.78 is 8.96. The van der Waals surface area contributed by atoms with Crippen molar-refractivity contribution in [3.63, 3.8) is 0 Å². The lowest BCUT2D eigenvalue weighted by molar-refractivity contribution is 0.344. The Hall–Kier alpha value is -2.57. The van der Waals surface area contributed by atoms with Gasteiger partial charge in [-0.05, 0) is 36.4 Å². The van der Waals surface area contributed by atoms with E-state index >= 15 is 0 Å². The highest BCUT2D eigenvalue weighted by atomic mass is 79.9. The van der Waals surface area contributed by atoms with E-state index in [0.29, 0.717) is 6.61 Å². The molecule has 0 unspecified atom stereocenters. The van der Waals surface area contributed by atoms with Crippen LogP contribution in [0.2, 0.25) is 0 Å². The van der Waals surface area contributed by atoms with E-state index in [1.54, 1.807) is 11.8 Å². The molecule has 0 spiro atoms. The van der Waals surface area contributed by atoms with Crippen molar-refractivity contribution in [1.29, 1.82) is 0 Å². The van der Waals surface area contributed by atoms with Gasteiger partial charge in [0.15, 0.2) is 11.0 Å². The molecule has 0 N–H and O–H groups in total. The van der Waals surface area contributed by atoms with Crippen LogP contribution in [0, 0.1) is 0 Å². The minimum Gasteiger partial charge on any atom is -0.493 e. The standard InChI is InChI=1S/C22H18BrN3OS/c23-18-11-13-20(14-12-18)27-15-16-28-22-25-24-21(17-7-3-1-4-8-17)26(22)19-9-5-2-6-10-19/h1-14H,15-16H2. The molecule has 0 amide bonds. The van der Waals surface area contributed by atoms with Gasteiger partial charge in [0.1, 0.15) is 5.75 Å². The van der Waals surface area contributed by atoms with Crippen molar-refractivity contribution in [2.24, 2.45) is 0 Å². The van der Waals surface area contributed by atoms with Crippen LogP contribution in [-0.4, -0.2) is 27.1 Å². The van der Waals surface area contributed by atoms with Crippen molar-refractivity contribution in [2.45, 2.75) is 5.16 Å². The Morgan fingerprint density at radius 2 is 1.50 bits per heavy atom. The van der Waals surface area contributed by atoms with Gasteiger partial charge in [0.05, 0.1) is 6.61 Å². The molecule has 28 heavy (non-hydrogen) atoms. The first-order valence-corrected chi connectivity index (χ1v) is 10.7. The number of hydrogen-bond acceptors (Lipinski definition) is 4. The first kappa shape index (κ1) is 18.8. The van der Waals surface area contributed by atoms with Crippen LogP contribution in [0.25, 0.3) is 17.1 Å². The number of halogens is 1. The zero-order valence-corrected chi connectivity index (χ0v) is 17.4. The number of ether oxygens (including phenoxy) is 1. The molecular formula is C22H18BrN3OS. The van der Waals surface area contributed by atoms with Crippen molar-refractivity contribution in [3.05, 3.63) is 89.4 Å². The highest BCUT2D eigenvalue weighted by Crippen LogP contribution is 2.28. The van der Waals surface area contributed by atoms with Crippen LogP contribution in [-0.2, 0) is 0 Å². The molecule has 0 aliphatic rings. The lowest BCUT2D eigenvalue weighted by atomic mass is 10.2. The maximum Gasteiger partial charge on any atom is 0.196 e. The quantitative estimate of drug-likeness (QED) is 0.260. The first-order valence-electron chi connectivity index (χ1n) is 8.89. The van der Waals surface area contributed by atoms with Crippen LogP contribution in [0.5, 0.6) is 5.75 Å². The number of nitrogens with zero attached hydrogens (tertiary/aromatic N) is 3. The molecule has 0 saturated carbocycles. The van der Waals surface area contributed by atoms with E-state index in [1.807, 2.05) is 60.7 Å². The summed E-state index contributed by atoms with van der Waals surface area (Å²) in [5.41, 5.74) is 2.08.